The van der Waals surface area contributed by atoms with E-state index in [2.05, 4.69) is 12.1 Å². The van der Waals surface area contributed by atoms with E-state index in [0.717, 1.165) is 11.3 Å². The Kier molecular flexibility index (Phi) is 4.00. The number of likely N-dealkylation sites (N-methyl/N-ethyl adjacent to an activating group) is 1. The van der Waals surface area contributed by atoms with E-state index in [1.165, 1.54) is 4.90 Å². The maximum Gasteiger partial charge on any atom is 0.231 e. The molecule has 0 fully saturated rings. The lowest BCUT2D eigenvalue weighted by Crippen LogP contribution is -2.39. The fourth-order valence-electron chi connectivity index (χ4n) is 1.93. The number of alkyl halides is 1. The average molecular weight is 270 g/mol. The SMILES string of the molecule is CC(CCl)N(C)C(=O)C1CSc2ccccc21. The van der Waals surface area contributed by atoms with E-state index in [1.54, 1.807) is 16.7 Å². The largest absolute Gasteiger partial charge is 0.341 e. The Balaban J connectivity index is 2.18. The van der Waals surface area contributed by atoms with Crippen LogP contribution in [0.25, 0.3) is 0 Å². The molecule has 2 unspecified atom stereocenters. The van der Waals surface area contributed by atoms with Crippen LogP contribution in [-0.4, -0.2) is 35.5 Å². The van der Waals surface area contributed by atoms with Crippen LogP contribution in [0.5, 0.6) is 0 Å². The van der Waals surface area contributed by atoms with Crippen molar-refractivity contribution in [3.63, 3.8) is 0 Å². The molecule has 4 heteroatoms. The summed E-state index contributed by atoms with van der Waals surface area (Å²) < 4.78 is 0. The molecule has 0 saturated carbocycles. The molecule has 0 aliphatic carbocycles. The van der Waals surface area contributed by atoms with Gasteiger partial charge < -0.3 is 4.90 Å². The number of halogens is 1. The third-order valence-corrected chi connectivity index (χ3v) is 4.86. The van der Waals surface area contributed by atoms with Gasteiger partial charge in [0, 0.05) is 29.6 Å². The van der Waals surface area contributed by atoms with E-state index < -0.39 is 0 Å². The smallest absolute Gasteiger partial charge is 0.231 e. The van der Waals surface area contributed by atoms with Gasteiger partial charge in [0.05, 0.1) is 5.92 Å². The quantitative estimate of drug-likeness (QED) is 0.787. The van der Waals surface area contributed by atoms with Crippen molar-refractivity contribution in [1.29, 1.82) is 0 Å². The van der Waals surface area contributed by atoms with Gasteiger partial charge in [0.1, 0.15) is 0 Å². The predicted molar refractivity (Wildman–Crippen MR) is 72.9 cm³/mol. The molecule has 0 bridgehead atoms. The molecule has 2 rings (SSSR count). The van der Waals surface area contributed by atoms with Crippen molar-refractivity contribution in [3.8, 4) is 0 Å². The second kappa shape index (κ2) is 5.32. The average Bonchev–Trinajstić information content (AvgIpc) is 2.79. The van der Waals surface area contributed by atoms with Gasteiger partial charge in [0.2, 0.25) is 5.91 Å². The molecule has 0 saturated heterocycles. The molecule has 1 amide bonds. The number of carbonyl (C=O) groups is 1. The van der Waals surface area contributed by atoms with Crippen molar-refractivity contribution in [2.75, 3.05) is 18.7 Å². The first kappa shape index (κ1) is 12.8. The lowest BCUT2D eigenvalue weighted by molar-refractivity contribution is -0.132. The lowest BCUT2D eigenvalue weighted by Gasteiger charge is -2.26. The Morgan fingerprint density at radius 2 is 2.29 bits per heavy atom. The van der Waals surface area contributed by atoms with Crippen LogP contribution >= 0.6 is 23.4 Å². The molecule has 2 atom stereocenters. The minimum atomic E-state index is -0.00753. The van der Waals surface area contributed by atoms with Crippen LogP contribution < -0.4 is 0 Å². The van der Waals surface area contributed by atoms with Crippen LogP contribution in [0.15, 0.2) is 29.2 Å². The normalized spacial score (nSPS) is 19.8. The van der Waals surface area contributed by atoms with E-state index in [0.29, 0.717) is 5.88 Å². The first-order valence-corrected chi connectivity index (χ1v) is 7.21. The van der Waals surface area contributed by atoms with Crippen LogP contribution in [0.1, 0.15) is 18.4 Å². The first-order chi connectivity index (χ1) is 8.15. The van der Waals surface area contributed by atoms with E-state index in [1.807, 2.05) is 26.1 Å². The number of rotatable bonds is 3. The number of carbonyl (C=O) groups excluding carboxylic acids is 1. The molecule has 1 aromatic rings. The molecule has 0 N–H and O–H groups in total. The summed E-state index contributed by atoms with van der Waals surface area (Å²) in [6, 6.07) is 8.23. The highest BCUT2D eigenvalue weighted by molar-refractivity contribution is 7.99. The van der Waals surface area contributed by atoms with Gasteiger partial charge in [-0.05, 0) is 18.6 Å². The Labute approximate surface area is 111 Å². The number of fused-ring (bicyclic) bond motifs is 1. The number of amides is 1. The van der Waals surface area contributed by atoms with Gasteiger partial charge in [0.15, 0.2) is 0 Å². The summed E-state index contributed by atoms with van der Waals surface area (Å²) in [7, 11) is 1.83. The maximum absolute atomic E-state index is 12.4. The van der Waals surface area contributed by atoms with E-state index in [9.17, 15) is 4.79 Å². The molecule has 0 aromatic heterocycles. The van der Waals surface area contributed by atoms with Gasteiger partial charge in [-0.2, -0.15) is 0 Å². The third-order valence-electron chi connectivity index (χ3n) is 3.23. The van der Waals surface area contributed by atoms with E-state index >= 15 is 0 Å². The summed E-state index contributed by atoms with van der Waals surface area (Å²) in [5.41, 5.74) is 1.16. The zero-order valence-electron chi connectivity index (χ0n) is 10.0. The van der Waals surface area contributed by atoms with Gasteiger partial charge in [-0.25, -0.2) is 0 Å². The number of hydrogen-bond acceptors (Lipinski definition) is 2. The summed E-state index contributed by atoms with van der Waals surface area (Å²) in [6.45, 7) is 1.97. The summed E-state index contributed by atoms with van der Waals surface area (Å²) in [5, 5.41) is 0. The van der Waals surface area contributed by atoms with Crippen molar-refractivity contribution in [1.82, 2.24) is 4.90 Å². The highest BCUT2D eigenvalue weighted by Crippen LogP contribution is 2.40. The number of hydrogen-bond donors (Lipinski definition) is 0. The van der Waals surface area contributed by atoms with E-state index in [-0.39, 0.29) is 17.9 Å². The van der Waals surface area contributed by atoms with Crippen molar-refractivity contribution in [2.45, 2.75) is 23.8 Å². The van der Waals surface area contributed by atoms with Gasteiger partial charge in [0.25, 0.3) is 0 Å². The van der Waals surface area contributed by atoms with Crippen LogP contribution in [0.2, 0.25) is 0 Å². The van der Waals surface area contributed by atoms with Crippen molar-refractivity contribution in [2.24, 2.45) is 0 Å². The highest BCUT2D eigenvalue weighted by Gasteiger charge is 2.32. The zero-order chi connectivity index (χ0) is 12.4. The van der Waals surface area contributed by atoms with Crippen LogP contribution in [0.3, 0.4) is 0 Å². The molecular weight excluding hydrogens is 254 g/mol. The number of nitrogens with zero attached hydrogens (tertiary/aromatic N) is 1. The van der Waals surface area contributed by atoms with Crippen molar-refractivity contribution >= 4 is 29.3 Å². The minimum Gasteiger partial charge on any atom is -0.341 e. The highest BCUT2D eigenvalue weighted by atomic mass is 35.5. The van der Waals surface area contributed by atoms with Crippen LogP contribution in [-0.2, 0) is 4.79 Å². The summed E-state index contributed by atoms with van der Waals surface area (Å²) in [6.07, 6.45) is 0. The first-order valence-electron chi connectivity index (χ1n) is 5.69. The molecule has 0 spiro atoms. The second-order valence-electron chi connectivity index (χ2n) is 4.35. The topological polar surface area (TPSA) is 20.3 Å². The molecule has 17 heavy (non-hydrogen) atoms. The maximum atomic E-state index is 12.4. The van der Waals surface area contributed by atoms with Gasteiger partial charge in [-0.1, -0.05) is 18.2 Å². The van der Waals surface area contributed by atoms with Crippen LogP contribution in [0.4, 0.5) is 0 Å². The third kappa shape index (κ3) is 2.45. The van der Waals surface area contributed by atoms with Gasteiger partial charge in [-0.15, -0.1) is 23.4 Å². The molecule has 1 aliphatic heterocycles. The Morgan fingerprint density at radius 1 is 1.59 bits per heavy atom. The molecule has 1 aliphatic rings. The predicted octanol–water partition coefficient (Wildman–Crippen LogP) is 2.96. The zero-order valence-corrected chi connectivity index (χ0v) is 11.6. The fourth-order valence-corrected chi connectivity index (χ4v) is 3.36. The van der Waals surface area contributed by atoms with Gasteiger partial charge >= 0.3 is 0 Å². The fraction of sp³-hybridized carbons (Fsp3) is 0.462. The summed E-state index contributed by atoms with van der Waals surface area (Å²) in [4.78, 5) is 15.4. The molecular formula is C13H16ClNOS. The molecule has 1 heterocycles. The van der Waals surface area contributed by atoms with E-state index in [4.69, 9.17) is 11.6 Å². The monoisotopic (exact) mass is 269 g/mol. The van der Waals surface area contributed by atoms with Crippen molar-refractivity contribution < 1.29 is 4.79 Å². The second-order valence-corrected chi connectivity index (χ2v) is 5.72. The number of thioether (sulfide) groups is 1. The van der Waals surface area contributed by atoms with Crippen molar-refractivity contribution in [3.05, 3.63) is 29.8 Å². The standard InChI is InChI=1S/C13H16ClNOS/c1-9(7-14)15(2)13(16)11-8-17-12-6-4-3-5-10(11)12/h3-6,9,11H,7-8H2,1-2H3. The summed E-state index contributed by atoms with van der Waals surface area (Å²) in [5.74, 6) is 1.49. The minimum absolute atomic E-state index is 0.00753. The Bertz CT molecular complexity index is 424. The molecule has 2 nitrogen and oxygen atoms in total. The molecule has 0 radical (unpaired) electrons. The molecule has 92 valence electrons. The molecule has 1 aromatic carbocycles. The summed E-state index contributed by atoms with van der Waals surface area (Å²) >= 11 is 7.56. The van der Waals surface area contributed by atoms with Gasteiger partial charge in [-0.3, -0.25) is 4.79 Å². The van der Waals surface area contributed by atoms with Crippen LogP contribution in [0, 0.1) is 0 Å². The lowest BCUT2D eigenvalue weighted by atomic mass is 9.99. The Hall–Kier alpha value is -0.670. The Morgan fingerprint density at radius 3 is 3.00 bits per heavy atom. The number of benzene rings is 1.